The number of para-hydroxylation sites is 1. The molecule has 0 unspecified atom stereocenters. The van der Waals surface area contributed by atoms with Crippen LogP contribution in [-0.2, 0) is 0 Å². The van der Waals surface area contributed by atoms with Gasteiger partial charge < -0.3 is 5.32 Å². The number of carbonyl (C=O) groups is 1. The molecule has 1 N–H and O–H groups in total. The van der Waals surface area contributed by atoms with E-state index in [1.165, 1.54) is 16.8 Å². The Bertz CT molecular complexity index is 901. The van der Waals surface area contributed by atoms with E-state index in [2.05, 4.69) is 10.4 Å². The van der Waals surface area contributed by atoms with Gasteiger partial charge in [0, 0.05) is 11.8 Å². The van der Waals surface area contributed by atoms with Crippen molar-refractivity contribution in [3.63, 3.8) is 0 Å². The van der Waals surface area contributed by atoms with Crippen LogP contribution in [0.4, 0.5) is 5.69 Å². The van der Waals surface area contributed by atoms with Crippen molar-refractivity contribution >= 4 is 11.6 Å². The number of anilines is 1. The van der Waals surface area contributed by atoms with Gasteiger partial charge in [0.15, 0.2) is 0 Å². The Morgan fingerprint density at radius 3 is 2.52 bits per heavy atom. The number of carbonyl (C=O) groups excluding carboxylic acids is 1. The summed E-state index contributed by atoms with van der Waals surface area (Å²) in [6.45, 7) is 1.95. The molecule has 0 saturated carbocycles. The third kappa shape index (κ3) is 3.35. The number of nitrogens with one attached hydrogen (secondary N) is 1. The van der Waals surface area contributed by atoms with E-state index in [0.717, 1.165) is 5.56 Å². The lowest BCUT2D eigenvalue weighted by molar-refractivity contribution is 0.102. The minimum Gasteiger partial charge on any atom is -0.321 e. The molecule has 0 aliphatic rings. The van der Waals surface area contributed by atoms with Gasteiger partial charge in [-0.1, -0.05) is 30.3 Å². The fourth-order valence-corrected chi connectivity index (χ4v) is 2.20. The lowest BCUT2D eigenvalue weighted by Gasteiger charge is -2.08. The standard InChI is InChI=1S/C18H15N3O2/c1-13-6-5-7-14(12-13)19-18(23)16-10-11-17(22)21(20-16)15-8-3-2-4-9-15/h2-12H,1H3,(H,19,23). The van der Waals surface area contributed by atoms with Gasteiger partial charge in [0.2, 0.25) is 0 Å². The van der Waals surface area contributed by atoms with Gasteiger partial charge in [0.25, 0.3) is 11.5 Å². The summed E-state index contributed by atoms with van der Waals surface area (Å²) >= 11 is 0. The molecule has 0 radical (unpaired) electrons. The van der Waals surface area contributed by atoms with Gasteiger partial charge in [-0.2, -0.15) is 9.78 Å². The maximum Gasteiger partial charge on any atom is 0.276 e. The van der Waals surface area contributed by atoms with Crippen LogP contribution < -0.4 is 10.9 Å². The van der Waals surface area contributed by atoms with Crippen LogP contribution >= 0.6 is 0 Å². The quantitative estimate of drug-likeness (QED) is 0.809. The Kier molecular flexibility index (Phi) is 4.01. The van der Waals surface area contributed by atoms with Crippen LogP contribution in [0, 0.1) is 6.92 Å². The first-order valence-electron chi connectivity index (χ1n) is 7.17. The lowest BCUT2D eigenvalue weighted by Crippen LogP contribution is -2.24. The molecule has 3 rings (SSSR count). The first-order chi connectivity index (χ1) is 11.1. The third-order valence-corrected chi connectivity index (χ3v) is 3.31. The zero-order chi connectivity index (χ0) is 16.2. The van der Waals surface area contributed by atoms with Crippen molar-refractivity contribution in [2.45, 2.75) is 6.92 Å². The lowest BCUT2D eigenvalue weighted by atomic mass is 10.2. The summed E-state index contributed by atoms with van der Waals surface area (Å²) < 4.78 is 1.21. The predicted octanol–water partition coefficient (Wildman–Crippen LogP) is 2.79. The average molecular weight is 305 g/mol. The fourth-order valence-electron chi connectivity index (χ4n) is 2.20. The van der Waals surface area contributed by atoms with Crippen LogP contribution in [-0.4, -0.2) is 15.7 Å². The first-order valence-corrected chi connectivity index (χ1v) is 7.17. The van der Waals surface area contributed by atoms with Crippen molar-refractivity contribution in [2.75, 3.05) is 5.32 Å². The van der Waals surface area contributed by atoms with Gasteiger partial charge in [-0.3, -0.25) is 9.59 Å². The molecule has 0 bridgehead atoms. The van der Waals surface area contributed by atoms with Crippen molar-refractivity contribution < 1.29 is 4.79 Å². The summed E-state index contributed by atoms with van der Waals surface area (Å²) in [5, 5.41) is 6.93. The molecule has 0 atom stereocenters. The Morgan fingerprint density at radius 2 is 1.78 bits per heavy atom. The number of hydrogen-bond acceptors (Lipinski definition) is 3. The molecular formula is C18H15N3O2. The van der Waals surface area contributed by atoms with E-state index >= 15 is 0 Å². The highest BCUT2D eigenvalue weighted by Crippen LogP contribution is 2.11. The highest BCUT2D eigenvalue weighted by atomic mass is 16.2. The maximum absolute atomic E-state index is 12.3. The van der Waals surface area contributed by atoms with E-state index in [1.54, 1.807) is 18.2 Å². The van der Waals surface area contributed by atoms with E-state index in [4.69, 9.17) is 0 Å². The maximum atomic E-state index is 12.3. The van der Waals surface area contributed by atoms with E-state index in [-0.39, 0.29) is 17.2 Å². The zero-order valence-corrected chi connectivity index (χ0v) is 12.6. The number of amides is 1. The number of nitrogens with zero attached hydrogens (tertiary/aromatic N) is 2. The molecule has 0 aliphatic carbocycles. The number of hydrogen-bond donors (Lipinski definition) is 1. The van der Waals surface area contributed by atoms with E-state index in [0.29, 0.717) is 11.4 Å². The fraction of sp³-hybridized carbons (Fsp3) is 0.0556. The Morgan fingerprint density at radius 1 is 1.00 bits per heavy atom. The Labute approximate surface area is 133 Å². The number of rotatable bonds is 3. The molecule has 23 heavy (non-hydrogen) atoms. The van der Waals surface area contributed by atoms with Gasteiger partial charge >= 0.3 is 0 Å². The first kappa shape index (κ1) is 14.7. The molecule has 1 aromatic heterocycles. The summed E-state index contributed by atoms with van der Waals surface area (Å²) in [6, 6.07) is 19.2. The third-order valence-electron chi connectivity index (χ3n) is 3.31. The highest BCUT2D eigenvalue weighted by molar-refractivity contribution is 6.02. The van der Waals surface area contributed by atoms with Crippen molar-refractivity contribution in [1.82, 2.24) is 9.78 Å². The van der Waals surface area contributed by atoms with Crippen molar-refractivity contribution in [1.29, 1.82) is 0 Å². The van der Waals surface area contributed by atoms with Gasteiger partial charge in [0.1, 0.15) is 5.69 Å². The molecule has 0 saturated heterocycles. The molecule has 0 spiro atoms. The summed E-state index contributed by atoms with van der Waals surface area (Å²) in [5.74, 6) is -0.361. The minimum atomic E-state index is -0.361. The second-order valence-electron chi connectivity index (χ2n) is 5.13. The van der Waals surface area contributed by atoms with E-state index in [9.17, 15) is 9.59 Å². The summed E-state index contributed by atoms with van der Waals surface area (Å²) in [7, 11) is 0. The average Bonchev–Trinajstić information content (AvgIpc) is 2.56. The van der Waals surface area contributed by atoms with E-state index < -0.39 is 0 Å². The van der Waals surface area contributed by atoms with Crippen LogP contribution in [0.25, 0.3) is 5.69 Å². The highest BCUT2D eigenvalue weighted by Gasteiger charge is 2.11. The molecule has 1 amide bonds. The molecule has 5 nitrogen and oxygen atoms in total. The normalized spacial score (nSPS) is 10.3. The predicted molar refractivity (Wildman–Crippen MR) is 89.0 cm³/mol. The van der Waals surface area contributed by atoms with Gasteiger partial charge in [-0.05, 0) is 42.8 Å². The van der Waals surface area contributed by atoms with Gasteiger partial charge in [0.05, 0.1) is 5.69 Å². The summed E-state index contributed by atoms with van der Waals surface area (Å²) in [6.07, 6.45) is 0. The van der Waals surface area contributed by atoms with Crippen LogP contribution in [0.2, 0.25) is 0 Å². The van der Waals surface area contributed by atoms with Crippen molar-refractivity contribution in [2.24, 2.45) is 0 Å². The van der Waals surface area contributed by atoms with Crippen molar-refractivity contribution in [3.8, 4) is 5.69 Å². The Balaban J connectivity index is 1.92. The van der Waals surface area contributed by atoms with Crippen LogP contribution in [0.1, 0.15) is 16.1 Å². The molecule has 2 aromatic carbocycles. The number of aryl methyl sites for hydroxylation is 1. The zero-order valence-electron chi connectivity index (χ0n) is 12.6. The molecule has 1 heterocycles. The molecule has 3 aromatic rings. The molecule has 0 fully saturated rings. The second-order valence-corrected chi connectivity index (χ2v) is 5.13. The molecule has 0 aliphatic heterocycles. The topological polar surface area (TPSA) is 64.0 Å². The number of aromatic nitrogens is 2. The van der Waals surface area contributed by atoms with E-state index in [1.807, 2.05) is 43.3 Å². The van der Waals surface area contributed by atoms with Crippen LogP contribution in [0.3, 0.4) is 0 Å². The molecule has 114 valence electrons. The Hall–Kier alpha value is -3.21. The minimum absolute atomic E-state index is 0.176. The SMILES string of the molecule is Cc1cccc(NC(=O)c2ccc(=O)n(-c3ccccc3)n2)c1. The largest absolute Gasteiger partial charge is 0.321 e. The van der Waals surface area contributed by atoms with Crippen molar-refractivity contribution in [3.05, 3.63) is 88.3 Å². The summed E-state index contributed by atoms with van der Waals surface area (Å²) in [5.41, 5.74) is 2.24. The van der Waals surface area contributed by atoms with Gasteiger partial charge in [-0.15, -0.1) is 0 Å². The molecular weight excluding hydrogens is 290 g/mol. The van der Waals surface area contributed by atoms with Crippen LogP contribution in [0.15, 0.2) is 71.5 Å². The summed E-state index contributed by atoms with van der Waals surface area (Å²) in [4.78, 5) is 24.3. The monoisotopic (exact) mass is 305 g/mol. The second kappa shape index (κ2) is 6.27. The molecule has 5 heteroatoms. The van der Waals surface area contributed by atoms with Crippen LogP contribution in [0.5, 0.6) is 0 Å². The van der Waals surface area contributed by atoms with Gasteiger partial charge in [-0.25, -0.2) is 0 Å². The smallest absolute Gasteiger partial charge is 0.276 e. The number of benzene rings is 2.